The molecule has 0 aliphatic carbocycles. The zero-order valence-corrected chi connectivity index (χ0v) is 15.7. The first-order chi connectivity index (χ1) is 13.5. The molecule has 148 valence electrons. The van der Waals surface area contributed by atoms with Gasteiger partial charge in [0, 0.05) is 16.0 Å². The number of thiophene rings is 1. The van der Waals surface area contributed by atoms with Crippen molar-refractivity contribution in [2.75, 3.05) is 6.61 Å². The molecule has 7 heteroatoms. The molecular weight excluding hydrogens is 383 g/mol. The quantitative estimate of drug-likeness (QED) is 0.535. The predicted molar refractivity (Wildman–Crippen MR) is 104 cm³/mol. The molecule has 0 radical (unpaired) electrons. The van der Waals surface area contributed by atoms with Crippen LogP contribution in [-0.2, 0) is 11.2 Å². The van der Waals surface area contributed by atoms with Gasteiger partial charge in [-0.1, -0.05) is 24.3 Å². The lowest BCUT2D eigenvalue weighted by Gasteiger charge is -2.40. The van der Waals surface area contributed by atoms with Gasteiger partial charge in [0.15, 0.2) is 0 Å². The molecule has 3 aromatic rings. The maximum Gasteiger partial charge on any atom is 0.126 e. The summed E-state index contributed by atoms with van der Waals surface area (Å²) in [7, 11) is 0. The Labute approximate surface area is 165 Å². The van der Waals surface area contributed by atoms with Crippen LogP contribution in [0.4, 0.5) is 4.39 Å². The van der Waals surface area contributed by atoms with Gasteiger partial charge >= 0.3 is 0 Å². The number of hydrogen-bond acceptors (Lipinski definition) is 6. The molecule has 28 heavy (non-hydrogen) atoms. The van der Waals surface area contributed by atoms with Gasteiger partial charge < -0.3 is 25.2 Å². The van der Waals surface area contributed by atoms with Crippen LogP contribution in [0.1, 0.15) is 22.1 Å². The Bertz CT molecular complexity index is 939. The molecule has 2 heterocycles. The zero-order chi connectivity index (χ0) is 19.8. The summed E-state index contributed by atoms with van der Waals surface area (Å²) in [6.45, 7) is -0.503. The SMILES string of the molecule is OC[C@H]1OC(c2ccc(F)c(Cc3cc4ccccc4s3)c2)[C@H](O)[C@@H](O)[C@@H]1O. The third-order valence-electron chi connectivity index (χ3n) is 5.13. The summed E-state index contributed by atoms with van der Waals surface area (Å²) in [5.41, 5.74) is 0.926. The molecule has 0 saturated carbocycles. The molecule has 4 rings (SSSR count). The summed E-state index contributed by atoms with van der Waals surface area (Å²) < 4.78 is 21.1. The summed E-state index contributed by atoms with van der Waals surface area (Å²) >= 11 is 1.59. The molecule has 0 spiro atoms. The molecule has 2 aromatic carbocycles. The van der Waals surface area contributed by atoms with Gasteiger partial charge in [0.1, 0.15) is 36.3 Å². The van der Waals surface area contributed by atoms with E-state index < -0.39 is 37.1 Å². The molecule has 1 aliphatic rings. The fourth-order valence-electron chi connectivity index (χ4n) is 3.60. The Morgan fingerprint density at radius 2 is 1.75 bits per heavy atom. The van der Waals surface area contributed by atoms with Crippen molar-refractivity contribution in [2.24, 2.45) is 0 Å². The van der Waals surface area contributed by atoms with Crippen LogP contribution in [0.3, 0.4) is 0 Å². The van der Waals surface area contributed by atoms with E-state index in [1.165, 1.54) is 12.1 Å². The van der Waals surface area contributed by atoms with Crippen molar-refractivity contribution < 1.29 is 29.6 Å². The van der Waals surface area contributed by atoms with Crippen LogP contribution >= 0.6 is 11.3 Å². The standard InChI is InChI=1S/C21H21FO5S/c22-15-6-5-12(21-20(26)19(25)18(24)16(10-23)27-21)7-13(15)9-14-8-11-3-1-2-4-17(11)28-14/h1-8,16,18-21,23-26H,9-10H2/t16-,18-,19+,20-,21?/m1/s1. The van der Waals surface area contributed by atoms with E-state index in [-0.39, 0.29) is 5.82 Å². The Balaban J connectivity index is 1.63. The molecule has 0 amide bonds. The normalized spacial score (nSPS) is 28.0. The van der Waals surface area contributed by atoms with Gasteiger partial charge in [0.2, 0.25) is 0 Å². The zero-order valence-electron chi connectivity index (χ0n) is 14.9. The van der Waals surface area contributed by atoms with Crippen molar-refractivity contribution in [2.45, 2.75) is 36.9 Å². The molecule has 5 nitrogen and oxygen atoms in total. The van der Waals surface area contributed by atoms with Gasteiger partial charge in [0.05, 0.1) is 6.61 Å². The number of aliphatic hydroxyl groups excluding tert-OH is 4. The Hall–Kier alpha value is -1.87. The van der Waals surface area contributed by atoms with Crippen molar-refractivity contribution in [1.82, 2.24) is 0 Å². The largest absolute Gasteiger partial charge is 0.394 e. The van der Waals surface area contributed by atoms with Crippen LogP contribution in [0.5, 0.6) is 0 Å². The Morgan fingerprint density at radius 3 is 2.50 bits per heavy atom. The fraction of sp³-hybridized carbons (Fsp3) is 0.333. The monoisotopic (exact) mass is 404 g/mol. The van der Waals surface area contributed by atoms with E-state index in [1.807, 2.05) is 30.3 Å². The van der Waals surface area contributed by atoms with E-state index in [9.17, 15) is 24.8 Å². The summed E-state index contributed by atoms with van der Waals surface area (Å²) in [4.78, 5) is 1.01. The smallest absolute Gasteiger partial charge is 0.126 e. The van der Waals surface area contributed by atoms with Gasteiger partial charge in [-0.25, -0.2) is 4.39 Å². The number of fused-ring (bicyclic) bond motifs is 1. The Kier molecular flexibility index (Phi) is 5.46. The van der Waals surface area contributed by atoms with Gasteiger partial charge in [-0.15, -0.1) is 11.3 Å². The highest BCUT2D eigenvalue weighted by Gasteiger charge is 2.44. The topological polar surface area (TPSA) is 90.2 Å². The van der Waals surface area contributed by atoms with E-state index in [0.29, 0.717) is 17.5 Å². The first kappa shape index (κ1) is 19.4. The summed E-state index contributed by atoms with van der Waals surface area (Å²) in [5.74, 6) is -0.370. The molecule has 4 N–H and O–H groups in total. The maximum absolute atomic E-state index is 14.4. The van der Waals surface area contributed by atoms with Crippen LogP contribution in [-0.4, -0.2) is 51.4 Å². The van der Waals surface area contributed by atoms with Crippen molar-refractivity contribution in [3.8, 4) is 0 Å². The number of aliphatic hydroxyl groups is 4. The lowest BCUT2D eigenvalue weighted by atomic mass is 9.90. The first-order valence-electron chi connectivity index (χ1n) is 9.04. The van der Waals surface area contributed by atoms with E-state index in [4.69, 9.17) is 4.74 Å². The van der Waals surface area contributed by atoms with Crippen LogP contribution in [0, 0.1) is 5.82 Å². The molecule has 1 unspecified atom stereocenters. The van der Waals surface area contributed by atoms with E-state index >= 15 is 0 Å². The molecule has 1 fully saturated rings. The molecular formula is C21H21FO5S. The number of benzene rings is 2. The van der Waals surface area contributed by atoms with E-state index in [0.717, 1.165) is 15.0 Å². The van der Waals surface area contributed by atoms with Crippen molar-refractivity contribution in [3.05, 3.63) is 70.4 Å². The van der Waals surface area contributed by atoms with Crippen LogP contribution in [0.25, 0.3) is 10.1 Å². The summed E-state index contributed by atoms with van der Waals surface area (Å²) in [6.07, 6.45) is -5.87. The highest BCUT2D eigenvalue weighted by molar-refractivity contribution is 7.19. The number of rotatable bonds is 4. The molecule has 1 aromatic heterocycles. The van der Waals surface area contributed by atoms with Gasteiger partial charge in [-0.05, 0) is 40.8 Å². The van der Waals surface area contributed by atoms with Crippen molar-refractivity contribution in [1.29, 1.82) is 0 Å². The third kappa shape index (κ3) is 3.57. The molecule has 5 atom stereocenters. The fourth-order valence-corrected chi connectivity index (χ4v) is 4.68. The average molecular weight is 404 g/mol. The van der Waals surface area contributed by atoms with Crippen LogP contribution in [0.15, 0.2) is 48.5 Å². The predicted octanol–water partition coefficient (Wildman–Crippen LogP) is 2.15. The second-order valence-electron chi connectivity index (χ2n) is 7.03. The first-order valence-corrected chi connectivity index (χ1v) is 9.86. The lowest BCUT2D eigenvalue weighted by Crippen LogP contribution is -2.55. The highest BCUT2D eigenvalue weighted by atomic mass is 32.1. The average Bonchev–Trinajstić information content (AvgIpc) is 3.11. The minimum Gasteiger partial charge on any atom is -0.394 e. The van der Waals surface area contributed by atoms with E-state index in [1.54, 1.807) is 17.4 Å². The summed E-state index contributed by atoms with van der Waals surface area (Å²) in [5, 5.41) is 40.7. The molecule has 1 saturated heterocycles. The minimum absolute atomic E-state index is 0.370. The van der Waals surface area contributed by atoms with Gasteiger partial charge in [0.25, 0.3) is 0 Å². The third-order valence-corrected chi connectivity index (χ3v) is 6.25. The lowest BCUT2D eigenvalue weighted by molar-refractivity contribution is -0.231. The number of halogens is 1. The number of hydrogen-bond donors (Lipinski definition) is 4. The second-order valence-corrected chi connectivity index (χ2v) is 8.20. The molecule has 1 aliphatic heterocycles. The van der Waals surface area contributed by atoms with Crippen molar-refractivity contribution in [3.63, 3.8) is 0 Å². The second kappa shape index (κ2) is 7.87. The summed E-state index contributed by atoms with van der Waals surface area (Å²) in [6, 6.07) is 14.4. The Morgan fingerprint density at radius 1 is 0.964 bits per heavy atom. The highest BCUT2D eigenvalue weighted by Crippen LogP contribution is 2.34. The minimum atomic E-state index is -1.47. The van der Waals surface area contributed by atoms with E-state index in [2.05, 4.69) is 0 Å². The van der Waals surface area contributed by atoms with Crippen LogP contribution in [0.2, 0.25) is 0 Å². The number of ether oxygens (including phenoxy) is 1. The molecule has 0 bridgehead atoms. The van der Waals surface area contributed by atoms with Crippen LogP contribution < -0.4 is 0 Å². The van der Waals surface area contributed by atoms with Crippen molar-refractivity contribution >= 4 is 21.4 Å². The van der Waals surface area contributed by atoms with Gasteiger partial charge in [-0.3, -0.25) is 0 Å². The maximum atomic E-state index is 14.4. The van der Waals surface area contributed by atoms with Gasteiger partial charge in [-0.2, -0.15) is 0 Å².